The van der Waals surface area contributed by atoms with Gasteiger partial charge in [0.05, 0.1) is 22.7 Å². The molecule has 0 saturated carbocycles. The van der Waals surface area contributed by atoms with Crippen LogP contribution in [0.2, 0.25) is 0 Å². The van der Waals surface area contributed by atoms with Crippen LogP contribution in [-0.4, -0.2) is 48.5 Å². The molecule has 0 spiro atoms. The highest BCUT2D eigenvalue weighted by molar-refractivity contribution is 9.10. The van der Waals surface area contributed by atoms with Gasteiger partial charge in [-0.3, -0.25) is 0 Å². The molecular formula is C11H14BrNO6S. The van der Waals surface area contributed by atoms with Gasteiger partial charge >= 0.3 is 5.97 Å². The van der Waals surface area contributed by atoms with Crippen LogP contribution < -0.4 is 4.72 Å². The van der Waals surface area contributed by atoms with Gasteiger partial charge in [0.25, 0.3) is 0 Å². The first-order valence-corrected chi connectivity index (χ1v) is 7.72. The number of sulfonamides is 1. The Morgan fingerprint density at radius 2 is 2.05 bits per heavy atom. The number of halogens is 1. The van der Waals surface area contributed by atoms with Gasteiger partial charge in [0.1, 0.15) is 0 Å². The molecule has 1 aromatic rings. The maximum Gasteiger partial charge on any atom is 0.335 e. The topological polar surface area (TPSA) is 124 Å². The minimum Gasteiger partial charge on any atom is -0.478 e. The molecule has 0 amide bonds. The fourth-order valence-corrected chi connectivity index (χ4v) is 3.38. The van der Waals surface area contributed by atoms with Gasteiger partial charge in [-0.1, -0.05) is 0 Å². The van der Waals surface area contributed by atoms with Crippen molar-refractivity contribution < 1.29 is 28.5 Å². The van der Waals surface area contributed by atoms with Crippen molar-refractivity contribution in [2.24, 2.45) is 0 Å². The second kappa shape index (κ2) is 6.19. The quantitative estimate of drug-likeness (QED) is 0.568. The van der Waals surface area contributed by atoms with E-state index in [9.17, 15) is 18.3 Å². The van der Waals surface area contributed by atoms with Crippen molar-refractivity contribution in [1.29, 1.82) is 0 Å². The number of carboxylic acids is 1. The van der Waals surface area contributed by atoms with Crippen molar-refractivity contribution in [2.75, 3.05) is 13.2 Å². The summed E-state index contributed by atoms with van der Waals surface area (Å²) in [6.45, 7) is 0.236. The molecular weight excluding hydrogens is 354 g/mol. The molecule has 9 heteroatoms. The molecule has 0 fully saturated rings. The molecule has 7 nitrogen and oxygen atoms in total. The third-order valence-corrected chi connectivity index (χ3v) is 4.85. The van der Waals surface area contributed by atoms with E-state index in [1.807, 2.05) is 0 Å². The molecule has 0 aliphatic rings. The summed E-state index contributed by atoms with van der Waals surface area (Å²) >= 11 is 3.03. The van der Waals surface area contributed by atoms with Gasteiger partial charge in [-0.05, 0) is 41.1 Å². The van der Waals surface area contributed by atoms with Crippen molar-refractivity contribution in [3.05, 3.63) is 28.2 Å². The predicted octanol–water partition coefficient (Wildman–Crippen LogP) is 0.169. The molecule has 0 saturated heterocycles. The van der Waals surface area contributed by atoms with E-state index in [1.165, 1.54) is 19.1 Å². The minimum atomic E-state index is -4.02. The van der Waals surface area contributed by atoms with E-state index >= 15 is 0 Å². The number of benzene rings is 1. The van der Waals surface area contributed by atoms with Gasteiger partial charge in [0, 0.05) is 11.0 Å². The van der Waals surface area contributed by atoms with E-state index in [2.05, 4.69) is 20.7 Å². The lowest BCUT2D eigenvalue weighted by molar-refractivity contribution is 0.00680. The first-order valence-electron chi connectivity index (χ1n) is 5.45. The SMILES string of the molecule is CC(O)(CO)CNS(=O)(=O)c1cc(C(=O)O)ccc1Br. The molecule has 0 heterocycles. The summed E-state index contributed by atoms with van der Waals surface area (Å²) in [6.07, 6.45) is 0. The summed E-state index contributed by atoms with van der Waals surface area (Å²) in [5, 5.41) is 27.3. The first kappa shape index (κ1) is 17.1. The number of aliphatic hydroxyl groups is 2. The number of hydrogen-bond acceptors (Lipinski definition) is 5. The van der Waals surface area contributed by atoms with Crippen LogP contribution >= 0.6 is 15.9 Å². The van der Waals surface area contributed by atoms with Gasteiger partial charge in [-0.15, -0.1) is 0 Å². The van der Waals surface area contributed by atoms with Crippen LogP contribution in [0.15, 0.2) is 27.6 Å². The van der Waals surface area contributed by atoms with Crippen molar-refractivity contribution in [2.45, 2.75) is 17.4 Å². The van der Waals surface area contributed by atoms with Gasteiger partial charge in [-0.25, -0.2) is 17.9 Å². The normalized spacial score (nSPS) is 14.8. The fourth-order valence-electron chi connectivity index (χ4n) is 1.23. The van der Waals surface area contributed by atoms with E-state index in [0.29, 0.717) is 0 Å². The van der Waals surface area contributed by atoms with Crippen LogP contribution in [0.1, 0.15) is 17.3 Å². The van der Waals surface area contributed by atoms with Crippen LogP contribution in [0.5, 0.6) is 0 Å². The maximum absolute atomic E-state index is 12.1. The summed E-state index contributed by atoms with van der Waals surface area (Å²) in [5.74, 6) is -1.25. The van der Waals surface area contributed by atoms with Crippen LogP contribution in [0, 0.1) is 0 Å². The number of rotatable bonds is 6. The Morgan fingerprint density at radius 1 is 1.45 bits per heavy atom. The zero-order valence-electron chi connectivity index (χ0n) is 10.5. The van der Waals surface area contributed by atoms with Gasteiger partial charge in [0.2, 0.25) is 10.0 Å². The number of carbonyl (C=O) groups is 1. The molecule has 0 aliphatic heterocycles. The Kier molecular flexibility index (Phi) is 5.27. The van der Waals surface area contributed by atoms with Crippen molar-refractivity contribution in [3.63, 3.8) is 0 Å². The summed E-state index contributed by atoms with van der Waals surface area (Å²) in [5.41, 5.74) is -1.79. The second-order valence-electron chi connectivity index (χ2n) is 4.43. The Morgan fingerprint density at radius 3 is 2.55 bits per heavy atom. The molecule has 1 atom stereocenters. The number of nitrogens with one attached hydrogen (secondary N) is 1. The fraction of sp³-hybridized carbons (Fsp3) is 0.364. The van der Waals surface area contributed by atoms with Gasteiger partial charge in [-0.2, -0.15) is 0 Å². The van der Waals surface area contributed by atoms with E-state index in [0.717, 1.165) is 6.07 Å². The highest BCUT2D eigenvalue weighted by Gasteiger charge is 2.25. The number of hydrogen-bond donors (Lipinski definition) is 4. The Hall–Kier alpha value is -1.00. The molecule has 0 radical (unpaired) electrons. The number of aliphatic hydroxyl groups excluding tert-OH is 1. The van der Waals surface area contributed by atoms with E-state index in [-0.39, 0.29) is 14.9 Å². The Labute approximate surface area is 124 Å². The average Bonchev–Trinajstić information content (AvgIpc) is 2.37. The molecule has 1 rings (SSSR count). The molecule has 4 N–H and O–H groups in total. The van der Waals surface area contributed by atoms with Crippen molar-refractivity contribution in [1.82, 2.24) is 4.72 Å². The predicted molar refractivity (Wildman–Crippen MR) is 74.0 cm³/mol. The largest absolute Gasteiger partial charge is 0.478 e. The molecule has 1 unspecified atom stereocenters. The van der Waals surface area contributed by atoms with E-state index in [1.54, 1.807) is 0 Å². The van der Waals surface area contributed by atoms with Crippen molar-refractivity contribution in [3.8, 4) is 0 Å². The average molecular weight is 368 g/mol. The van der Waals surface area contributed by atoms with Crippen LogP contribution in [-0.2, 0) is 10.0 Å². The second-order valence-corrected chi connectivity index (χ2v) is 7.02. The first-order chi connectivity index (χ1) is 9.09. The Bertz CT molecular complexity index is 613. The zero-order chi connectivity index (χ0) is 15.6. The molecule has 0 aromatic heterocycles. The monoisotopic (exact) mass is 367 g/mol. The van der Waals surface area contributed by atoms with Crippen LogP contribution in [0.3, 0.4) is 0 Å². The van der Waals surface area contributed by atoms with Crippen LogP contribution in [0.4, 0.5) is 0 Å². The van der Waals surface area contributed by atoms with Gasteiger partial charge < -0.3 is 15.3 Å². The summed E-state index contributed by atoms with van der Waals surface area (Å²) < 4.78 is 26.4. The molecule has 1 aromatic carbocycles. The third-order valence-electron chi connectivity index (χ3n) is 2.45. The summed E-state index contributed by atoms with van der Waals surface area (Å²) in [4.78, 5) is 10.6. The lowest BCUT2D eigenvalue weighted by Gasteiger charge is -2.20. The van der Waals surface area contributed by atoms with Crippen molar-refractivity contribution >= 4 is 31.9 Å². The highest BCUT2D eigenvalue weighted by atomic mass is 79.9. The third kappa shape index (κ3) is 4.25. The standard InChI is InChI=1S/C11H14BrNO6S/c1-11(17,6-14)5-13-20(18,19)9-4-7(10(15)16)2-3-8(9)12/h2-4,13-14,17H,5-6H2,1H3,(H,15,16). The van der Waals surface area contributed by atoms with Crippen LogP contribution in [0.25, 0.3) is 0 Å². The summed E-state index contributed by atoms with van der Waals surface area (Å²) in [6, 6.07) is 3.57. The maximum atomic E-state index is 12.1. The molecule has 0 aliphatic carbocycles. The number of aromatic carboxylic acids is 1. The lowest BCUT2D eigenvalue weighted by Crippen LogP contribution is -2.43. The smallest absolute Gasteiger partial charge is 0.335 e. The Balaban J connectivity index is 3.09. The summed E-state index contributed by atoms with van der Waals surface area (Å²) in [7, 11) is -4.02. The molecule has 20 heavy (non-hydrogen) atoms. The minimum absolute atomic E-state index is 0.178. The number of carboxylic acid groups (broad SMARTS) is 1. The lowest BCUT2D eigenvalue weighted by atomic mass is 10.1. The van der Waals surface area contributed by atoms with E-state index < -0.39 is 34.7 Å². The van der Waals surface area contributed by atoms with Gasteiger partial charge in [0.15, 0.2) is 0 Å². The molecule has 112 valence electrons. The van der Waals surface area contributed by atoms with E-state index in [4.69, 9.17) is 10.2 Å². The molecule has 0 bridgehead atoms. The zero-order valence-corrected chi connectivity index (χ0v) is 12.9. The highest BCUT2D eigenvalue weighted by Crippen LogP contribution is 2.23.